The molecule has 1 N–H and O–H groups in total. The van der Waals surface area contributed by atoms with Gasteiger partial charge in [0.05, 0.1) is 37.5 Å². The second-order valence-electron chi connectivity index (χ2n) is 11.3. The zero-order valence-corrected chi connectivity index (χ0v) is 25.3. The molecule has 1 aliphatic heterocycles. The fourth-order valence-electron chi connectivity index (χ4n) is 5.82. The zero-order valence-electron chi connectivity index (χ0n) is 25.3. The van der Waals surface area contributed by atoms with Gasteiger partial charge in [-0.05, 0) is 35.7 Å². The minimum absolute atomic E-state index is 0.180. The van der Waals surface area contributed by atoms with Crippen LogP contribution >= 0.6 is 0 Å². The average Bonchev–Trinajstić information content (AvgIpc) is 3.55. The number of ether oxygens (including phenoxy) is 4. The lowest BCUT2D eigenvalue weighted by Gasteiger charge is -2.28. The summed E-state index contributed by atoms with van der Waals surface area (Å²) in [5.41, 5.74) is 4.48. The van der Waals surface area contributed by atoms with Crippen molar-refractivity contribution in [2.45, 2.75) is 57.4 Å². The van der Waals surface area contributed by atoms with E-state index in [0.29, 0.717) is 29.9 Å². The first-order chi connectivity index (χ1) is 22.0. The molecular formula is C37H38N2O6. The minimum Gasteiger partial charge on any atom is -0.386 e. The summed E-state index contributed by atoms with van der Waals surface area (Å²) in [5.74, 6) is 0. The lowest BCUT2D eigenvalue weighted by atomic mass is 10.0. The summed E-state index contributed by atoms with van der Waals surface area (Å²) >= 11 is 0. The van der Waals surface area contributed by atoms with Gasteiger partial charge in [0.25, 0.3) is 0 Å². The van der Waals surface area contributed by atoms with Crippen molar-refractivity contribution in [3.05, 3.63) is 149 Å². The molecule has 0 radical (unpaired) electrons. The fourth-order valence-corrected chi connectivity index (χ4v) is 5.82. The minimum atomic E-state index is -1.18. The smallest absolute Gasteiger partial charge is 0.335 e. The maximum Gasteiger partial charge on any atom is 0.335 e. The Labute approximate surface area is 262 Å². The van der Waals surface area contributed by atoms with Crippen LogP contribution in [-0.4, -0.2) is 45.3 Å². The van der Waals surface area contributed by atoms with Crippen molar-refractivity contribution in [2.75, 3.05) is 6.61 Å². The van der Waals surface area contributed by atoms with E-state index in [4.69, 9.17) is 18.9 Å². The molecule has 1 saturated heterocycles. The normalized spacial score (nSPS) is 20.4. The highest BCUT2D eigenvalue weighted by Crippen LogP contribution is 2.36. The number of hydrogen-bond donors (Lipinski definition) is 1. The lowest BCUT2D eigenvalue weighted by Crippen LogP contribution is -2.44. The molecule has 1 aliphatic rings. The number of hydrogen-bond acceptors (Lipinski definition) is 6. The van der Waals surface area contributed by atoms with E-state index < -0.39 is 30.6 Å². The van der Waals surface area contributed by atoms with E-state index in [-0.39, 0.29) is 18.9 Å². The third-order valence-electron chi connectivity index (χ3n) is 8.02. The number of allylic oxidation sites excluding steroid dienone is 1. The summed E-state index contributed by atoms with van der Waals surface area (Å²) in [4.78, 5) is 13.8. The van der Waals surface area contributed by atoms with E-state index >= 15 is 0 Å². The number of nitrogens with zero attached hydrogens (tertiary/aromatic N) is 2. The number of para-hydroxylation sites is 2. The molecule has 0 spiro atoms. The quantitative estimate of drug-likeness (QED) is 0.179. The SMILES string of the molecule is C=C(C)n1c(=O)n([C@@H]2O[C@H]([C@@H](COCc3ccccc3)OCc3ccccc3)[C@H](OCc3ccccc3)[C@H]2O)c2ccccc21. The van der Waals surface area contributed by atoms with Gasteiger partial charge < -0.3 is 24.1 Å². The zero-order chi connectivity index (χ0) is 31.2. The number of fused-ring (bicyclic) bond motifs is 1. The van der Waals surface area contributed by atoms with Gasteiger partial charge in [-0.25, -0.2) is 4.79 Å². The highest BCUT2D eigenvalue weighted by atomic mass is 16.6. The molecule has 1 aromatic heterocycles. The first-order valence-corrected chi connectivity index (χ1v) is 15.2. The predicted octanol–water partition coefficient (Wildman–Crippen LogP) is 5.94. The number of aliphatic hydroxyl groups is 1. The van der Waals surface area contributed by atoms with Gasteiger partial charge in [0, 0.05) is 5.70 Å². The fraction of sp³-hybridized carbons (Fsp3) is 0.270. The number of aromatic nitrogens is 2. The number of benzene rings is 4. The van der Waals surface area contributed by atoms with Crippen LogP contribution in [0.1, 0.15) is 29.8 Å². The molecule has 4 aromatic carbocycles. The van der Waals surface area contributed by atoms with Crippen molar-refractivity contribution in [2.24, 2.45) is 0 Å². The van der Waals surface area contributed by atoms with Gasteiger partial charge in [-0.1, -0.05) is 110 Å². The highest BCUT2D eigenvalue weighted by molar-refractivity contribution is 5.79. The van der Waals surface area contributed by atoms with E-state index in [0.717, 1.165) is 16.7 Å². The number of aliphatic hydroxyl groups excluding tert-OH is 1. The van der Waals surface area contributed by atoms with Crippen molar-refractivity contribution >= 4 is 16.7 Å². The molecular weight excluding hydrogens is 568 g/mol. The van der Waals surface area contributed by atoms with E-state index in [1.807, 2.05) is 115 Å². The van der Waals surface area contributed by atoms with Crippen LogP contribution in [0.3, 0.4) is 0 Å². The molecule has 45 heavy (non-hydrogen) atoms. The van der Waals surface area contributed by atoms with Gasteiger partial charge in [0.15, 0.2) is 6.23 Å². The van der Waals surface area contributed by atoms with Crippen molar-refractivity contribution in [3.8, 4) is 0 Å². The van der Waals surface area contributed by atoms with Crippen molar-refractivity contribution in [3.63, 3.8) is 0 Å². The first kappa shape index (κ1) is 30.7. The Morgan fingerprint density at radius 3 is 1.93 bits per heavy atom. The van der Waals surface area contributed by atoms with Crippen LogP contribution < -0.4 is 5.69 Å². The van der Waals surface area contributed by atoms with Gasteiger partial charge in [-0.15, -0.1) is 0 Å². The maximum absolute atomic E-state index is 13.8. The number of rotatable bonds is 13. The third-order valence-corrected chi connectivity index (χ3v) is 8.02. The lowest BCUT2D eigenvalue weighted by molar-refractivity contribution is -0.145. The molecule has 5 atom stereocenters. The number of imidazole rings is 1. The van der Waals surface area contributed by atoms with Crippen LogP contribution in [0.15, 0.2) is 127 Å². The molecule has 232 valence electrons. The van der Waals surface area contributed by atoms with E-state index in [1.165, 1.54) is 9.13 Å². The van der Waals surface area contributed by atoms with Gasteiger partial charge in [-0.3, -0.25) is 9.13 Å². The van der Waals surface area contributed by atoms with Crippen LogP contribution in [0.25, 0.3) is 16.7 Å². The molecule has 0 aliphatic carbocycles. The summed E-state index contributed by atoms with van der Waals surface area (Å²) in [5, 5.41) is 11.9. The average molecular weight is 607 g/mol. The molecule has 1 fully saturated rings. The molecule has 8 nitrogen and oxygen atoms in total. The molecule has 8 heteroatoms. The standard InChI is InChI=1S/C37H38N2O6/c1-26(2)38-30-20-12-13-21-31(30)39(37(38)41)36-33(40)35(44-24-29-18-10-5-11-19-29)34(45-36)32(43-23-28-16-8-4-9-17-28)25-42-22-27-14-6-3-7-15-27/h3-21,32-36,40H,1,22-25H2,2H3/t32-,33-,34-,35-,36-/m1/s1. The Morgan fingerprint density at radius 2 is 1.33 bits per heavy atom. The summed E-state index contributed by atoms with van der Waals surface area (Å²) in [6.45, 7) is 6.90. The molecule has 2 heterocycles. The topological polar surface area (TPSA) is 84.1 Å². The molecule has 0 unspecified atom stereocenters. The monoisotopic (exact) mass is 606 g/mol. The Bertz CT molecular complexity index is 1750. The predicted molar refractivity (Wildman–Crippen MR) is 173 cm³/mol. The van der Waals surface area contributed by atoms with Gasteiger partial charge in [-0.2, -0.15) is 0 Å². The van der Waals surface area contributed by atoms with Crippen LogP contribution in [0.4, 0.5) is 0 Å². The third kappa shape index (κ3) is 6.86. The summed E-state index contributed by atoms with van der Waals surface area (Å²) in [6, 6.07) is 36.9. The van der Waals surface area contributed by atoms with Crippen molar-refractivity contribution in [1.82, 2.24) is 9.13 Å². The second kappa shape index (κ2) is 14.2. The van der Waals surface area contributed by atoms with Crippen LogP contribution in [-0.2, 0) is 38.8 Å². The van der Waals surface area contributed by atoms with Gasteiger partial charge in [0.1, 0.15) is 24.4 Å². The van der Waals surface area contributed by atoms with Gasteiger partial charge >= 0.3 is 5.69 Å². The molecule has 5 aromatic rings. The molecule has 0 bridgehead atoms. The molecule has 0 saturated carbocycles. The van der Waals surface area contributed by atoms with E-state index in [1.54, 1.807) is 6.92 Å². The van der Waals surface area contributed by atoms with E-state index in [2.05, 4.69) is 6.58 Å². The Balaban J connectivity index is 1.34. The summed E-state index contributed by atoms with van der Waals surface area (Å²) in [6.07, 6.45) is -4.43. The summed E-state index contributed by atoms with van der Waals surface area (Å²) < 4.78 is 28.7. The largest absolute Gasteiger partial charge is 0.386 e. The maximum atomic E-state index is 13.8. The summed E-state index contributed by atoms with van der Waals surface area (Å²) in [7, 11) is 0. The molecule has 6 rings (SSSR count). The van der Waals surface area contributed by atoms with Gasteiger partial charge in [0.2, 0.25) is 0 Å². The van der Waals surface area contributed by atoms with Crippen LogP contribution in [0.2, 0.25) is 0 Å². The highest BCUT2D eigenvalue weighted by Gasteiger charge is 2.50. The second-order valence-corrected chi connectivity index (χ2v) is 11.3. The van der Waals surface area contributed by atoms with Crippen molar-refractivity contribution in [1.29, 1.82) is 0 Å². The van der Waals surface area contributed by atoms with Crippen LogP contribution in [0.5, 0.6) is 0 Å². The Morgan fingerprint density at radius 1 is 0.800 bits per heavy atom. The first-order valence-electron chi connectivity index (χ1n) is 15.2. The van der Waals surface area contributed by atoms with Crippen molar-refractivity contribution < 1.29 is 24.1 Å². The van der Waals surface area contributed by atoms with E-state index in [9.17, 15) is 9.90 Å². The van der Waals surface area contributed by atoms with Crippen LogP contribution in [0, 0.1) is 0 Å². The Hall–Kier alpha value is -4.31. The Kier molecular flexibility index (Phi) is 9.69. The molecule has 0 amide bonds.